The number of carboxylic acids is 1. The second-order valence-electron chi connectivity index (χ2n) is 5.88. The van der Waals surface area contributed by atoms with Crippen molar-refractivity contribution >= 4 is 11.6 Å². The smallest absolute Gasteiger partial charge is 0.307 e. The van der Waals surface area contributed by atoms with Crippen molar-refractivity contribution in [1.82, 2.24) is 14.6 Å². The van der Waals surface area contributed by atoms with Crippen molar-refractivity contribution in [2.75, 3.05) is 0 Å². The van der Waals surface area contributed by atoms with E-state index in [9.17, 15) is 4.79 Å². The summed E-state index contributed by atoms with van der Waals surface area (Å²) in [5.74, 6) is -0.851. The van der Waals surface area contributed by atoms with Crippen LogP contribution in [0.2, 0.25) is 0 Å². The first-order valence-corrected chi connectivity index (χ1v) is 6.28. The van der Waals surface area contributed by atoms with E-state index in [0.717, 1.165) is 28.3 Å². The monoisotopic (exact) mass is 261 g/mol. The third-order valence-electron chi connectivity index (χ3n) is 3.26. The Morgan fingerprint density at radius 2 is 2.00 bits per heavy atom. The van der Waals surface area contributed by atoms with E-state index < -0.39 is 5.97 Å². The summed E-state index contributed by atoms with van der Waals surface area (Å²) >= 11 is 0. The molecule has 102 valence electrons. The fourth-order valence-corrected chi connectivity index (χ4v) is 2.10. The molecule has 0 amide bonds. The van der Waals surface area contributed by atoms with Crippen molar-refractivity contribution in [2.24, 2.45) is 0 Å². The number of carboxylic acid groups (broad SMARTS) is 1. The van der Waals surface area contributed by atoms with Gasteiger partial charge in [-0.15, -0.1) is 0 Å². The van der Waals surface area contributed by atoms with E-state index in [0.29, 0.717) is 0 Å². The van der Waals surface area contributed by atoms with Crippen LogP contribution in [0.3, 0.4) is 0 Å². The first-order valence-electron chi connectivity index (χ1n) is 6.28. The number of fused-ring (bicyclic) bond motifs is 1. The molecule has 0 unspecified atom stereocenters. The van der Waals surface area contributed by atoms with Crippen molar-refractivity contribution in [1.29, 1.82) is 0 Å². The summed E-state index contributed by atoms with van der Waals surface area (Å²) in [5, 5.41) is 13.5. The van der Waals surface area contributed by atoms with Crippen LogP contribution >= 0.6 is 0 Å². The van der Waals surface area contributed by atoms with E-state index in [2.05, 4.69) is 30.9 Å². The highest BCUT2D eigenvalue weighted by Crippen LogP contribution is 2.23. The number of carbonyl (C=O) groups is 1. The third kappa shape index (κ3) is 2.45. The fraction of sp³-hybridized carbons (Fsp3) is 0.500. The minimum atomic E-state index is -0.851. The lowest BCUT2D eigenvalue weighted by molar-refractivity contribution is -0.136. The molecule has 0 aromatic carbocycles. The van der Waals surface area contributed by atoms with Gasteiger partial charge in [0.05, 0.1) is 12.1 Å². The van der Waals surface area contributed by atoms with E-state index in [-0.39, 0.29) is 11.8 Å². The van der Waals surface area contributed by atoms with Crippen LogP contribution in [0.5, 0.6) is 0 Å². The molecule has 2 heterocycles. The molecule has 5 nitrogen and oxygen atoms in total. The van der Waals surface area contributed by atoms with Crippen LogP contribution in [0.15, 0.2) is 6.07 Å². The van der Waals surface area contributed by atoms with Crippen molar-refractivity contribution in [3.8, 4) is 0 Å². The van der Waals surface area contributed by atoms with Gasteiger partial charge in [-0.1, -0.05) is 20.8 Å². The number of aromatic nitrogens is 3. The van der Waals surface area contributed by atoms with Crippen LogP contribution in [0.4, 0.5) is 0 Å². The number of aliphatic carboxylic acids is 1. The average molecular weight is 261 g/mol. The molecule has 19 heavy (non-hydrogen) atoms. The third-order valence-corrected chi connectivity index (χ3v) is 3.26. The highest BCUT2D eigenvalue weighted by atomic mass is 16.4. The molecule has 0 fully saturated rings. The Hall–Kier alpha value is -1.91. The maximum atomic E-state index is 10.9. The predicted octanol–water partition coefficient (Wildman–Crippen LogP) is 2.27. The van der Waals surface area contributed by atoms with Gasteiger partial charge >= 0.3 is 5.97 Å². The maximum absolute atomic E-state index is 10.9. The molecule has 0 aliphatic rings. The molecule has 0 atom stereocenters. The lowest BCUT2D eigenvalue weighted by atomic mass is 9.93. The summed E-state index contributed by atoms with van der Waals surface area (Å²) in [6.07, 6.45) is -0.0225. The number of hydrogen-bond acceptors (Lipinski definition) is 3. The lowest BCUT2D eigenvalue weighted by Gasteiger charge is -2.13. The summed E-state index contributed by atoms with van der Waals surface area (Å²) in [6, 6.07) is 1.96. The Kier molecular flexibility index (Phi) is 3.08. The quantitative estimate of drug-likeness (QED) is 0.900. The maximum Gasteiger partial charge on any atom is 0.307 e. The number of hydrogen-bond donors (Lipinski definition) is 1. The van der Waals surface area contributed by atoms with Gasteiger partial charge in [0, 0.05) is 28.4 Å². The standard InChI is InChI=1S/C14H19N3O2/c1-8-10(6-13(18)19)9(2)17-12(15-8)7-11(16-17)14(3,4)5/h7H,6H2,1-5H3,(H,18,19). The Balaban J connectivity index is 2.67. The van der Waals surface area contributed by atoms with Crippen molar-refractivity contribution in [3.05, 3.63) is 28.7 Å². The summed E-state index contributed by atoms with van der Waals surface area (Å²) in [7, 11) is 0. The van der Waals surface area contributed by atoms with E-state index in [1.54, 1.807) is 4.52 Å². The van der Waals surface area contributed by atoms with Gasteiger partial charge in [-0.2, -0.15) is 5.10 Å². The highest BCUT2D eigenvalue weighted by molar-refractivity contribution is 5.71. The summed E-state index contributed by atoms with van der Waals surface area (Å²) in [5.41, 5.74) is 4.02. The Morgan fingerprint density at radius 1 is 1.37 bits per heavy atom. The van der Waals surface area contributed by atoms with Crippen molar-refractivity contribution in [3.63, 3.8) is 0 Å². The summed E-state index contributed by atoms with van der Waals surface area (Å²) < 4.78 is 1.74. The number of nitrogens with zero attached hydrogens (tertiary/aromatic N) is 3. The Morgan fingerprint density at radius 3 is 2.53 bits per heavy atom. The zero-order valence-electron chi connectivity index (χ0n) is 12.0. The van der Waals surface area contributed by atoms with Crippen LogP contribution < -0.4 is 0 Å². The molecule has 0 saturated carbocycles. The van der Waals surface area contributed by atoms with E-state index in [1.165, 1.54) is 0 Å². The SMILES string of the molecule is Cc1nc2cc(C(C)(C)C)nn2c(C)c1CC(=O)O. The molecule has 0 spiro atoms. The largest absolute Gasteiger partial charge is 0.481 e. The molecule has 2 aromatic heterocycles. The van der Waals surface area contributed by atoms with Gasteiger partial charge in [0.2, 0.25) is 0 Å². The molecule has 5 heteroatoms. The molecule has 0 aliphatic heterocycles. The Bertz CT molecular complexity index is 651. The zero-order chi connectivity index (χ0) is 14.4. The van der Waals surface area contributed by atoms with E-state index in [4.69, 9.17) is 5.11 Å². The Labute approximate surface area is 112 Å². The highest BCUT2D eigenvalue weighted by Gasteiger charge is 2.20. The molecular weight excluding hydrogens is 242 g/mol. The lowest BCUT2D eigenvalue weighted by Crippen LogP contribution is -2.13. The van der Waals surface area contributed by atoms with Crippen LogP contribution in [0.1, 0.15) is 43.4 Å². The van der Waals surface area contributed by atoms with Crippen molar-refractivity contribution < 1.29 is 9.90 Å². The molecule has 0 radical (unpaired) electrons. The van der Waals surface area contributed by atoms with Gasteiger partial charge in [-0.25, -0.2) is 9.50 Å². The number of aryl methyl sites for hydroxylation is 2. The van der Waals surface area contributed by atoms with E-state index >= 15 is 0 Å². The minimum Gasteiger partial charge on any atom is -0.481 e. The van der Waals surface area contributed by atoms with Gasteiger partial charge in [0.25, 0.3) is 0 Å². The van der Waals surface area contributed by atoms with Crippen molar-refractivity contribution in [2.45, 2.75) is 46.5 Å². The molecular formula is C14H19N3O2. The van der Waals surface area contributed by atoms with Crippen LogP contribution in [0.25, 0.3) is 5.65 Å². The predicted molar refractivity (Wildman–Crippen MR) is 72.5 cm³/mol. The topological polar surface area (TPSA) is 67.5 Å². The van der Waals surface area contributed by atoms with Crippen LogP contribution in [-0.4, -0.2) is 25.7 Å². The van der Waals surface area contributed by atoms with E-state index in [1.807, 2.05) is 19.9 Å². The number of rotatable bonds is 2. The van der Waals surface area contributed by atoms with Gasteiger partial charge in [0.15, 0.2) is 5.65 Å². The molecule has 0 bridgehead atoms. The van der Waals surface area contributed by atoms with Gasteiger partial charge < -0.3 is 5.11 Å². The molecule has 0 aliphatic carbocycles. The van der Waals surface area contributed by atoms with Gasteiger partial charge in [-0.3, -0.25) is 4.79 Å². The minimum absolute atomic E-state index is 0.0225. The first kappa shape index (κ1) is 13.5. The summed E-state index contributed by atoms with van der Waals surface area (Å²) in [4.78, 5) is 15.4. The summed E-state index contributed by atoms with van der Waals surface area (Å²) in [6.45, 7) is 10.0. The van der Waals surface area contributed by atoms with Gasteiger partial charge in [0.1, 0.15) is 0 Å². The molecule has 2 aromatic rings. The van der Waals surface area contributed by atoms with Crippen LogP contribution in [-0.2, 0) is 16.6 Å². The first-order chi connectivity index (χ1) is 8.70. The normalized spacial score (nSPS) is 12.1. The second-order valence-corrected chi connectivity index (χ2v) is 5.88. The molecule has 2 rings (SSSR count). The zero-order valence-corrected chi connectivity index (χ0v) is 12.0. The fourth-order valence-electron chi connectivity index (χ4n) is 2.10. The molecule has 0 saturated heterocycles. The second kappa shape index (κ2) is 4.33. The molecule has 1 N–H and O–H groups in total. The average Bonchev–Trinajstić information content (AvgIpc) is 2.67. The van der Waals surface area contributed by atoms with Gasteiger partial charge in [-0.05, 0) is 13.8 Å². The van der Waals surface area contributed by atoms with Crippen LogP contribution in [0, 0.1) is 13.8 Å².